The van der Waals surface area contributed by atoms with Crippen LogP contribution in [0.4, 0.5) is 4.39 Å². The Morgan fingerprint density at radius 3 is 2.76 bits per heavy atom. The van der Waals surface area contributed by atoms with Crippen LogP contribution in [0.15, 0.2) is 46.9 Å². The zero-order valence-corrected chi connectivity index (χ0v) is 11.6. The number of nitrogens with two attached hydrogens (primary N) is 1. The van der Waals surface area contributed by atoms with Crippen LogP contribution in [-0.4, -0.2) is 0 Å². The molecule has 1 heterocycles. The SMILES string of the molecule is NC(c1ccc2c(c1)CCC2)c1cc2cc(F)ccc2o1. The van der Waals surface area contributed by atoms with Gasteiger partial charge in [-0.25, -0.2) is 4.39 Å². The Morgan fingerprint density at radius 1 is 1.00 bits per heavy atom. The molecule has 4 rings (SSSR count). The van der Waals surface area contributed by atoms with Crippen molar-refractivity contribution in [3.8, 4) is 0 Å². The van der Waals surface area contributed by atoms with Crippen molar-refractivity contribution in [2.24, 2.45) is 5.73 Å². The lowest BCUT2D eigenvalue weighted by atomic mass is 10.00. The summed E-state index contributed by atoms with van der Waals surface area (Å²) in [6.07, 6.45) is 3.51. The summed E-state index contributed by atoms with van der Waals surface area (Å²) in [6, 6.07) is 12.4. The molecule has 0 saturated heterocycles. The van der Waals surface area contributed by atoms with Crippen molar-refractivity contribution in [2.75, 3.05) is 0 Å². The molecule has 0 bridgehead atoms. The standard InChI is InChI=1S/C18H16FNO/c19-15-6-7-16-14(9-15)10-17(21-16)18(20)13-5-4-11-2-1-3-12(11)8-13/h4-10,18H,1-3,20H2. The van der Waals surface area contributed by atoms with Gasteiger partial charge in [-0.15, -0.1) is 0 Å². The molecule has 3 heteroatoms. The molecule has 2 nitrogen and oxygen atoms in total. The highest BCUT2D eigenvalue weighted by Gasteiger charge is 2.17. The summed E-state index contributed by atoms with van der Waals surface area (Å²) >= 11 is 0. The van der Waals surface area contributed by atoms with E-state index in [0.29, 0.717) is 11.3 Å². The first-order chi connectivity index (χ1) is 10.2. The molecule has 3 aromatic rings. The molecule has 0 radical (unpaired) electrons. The van der Waals surface area contributed by atoms with Gasteiger partial charge in [0.2, 0.25) is 0 Å². The third-order valence-electron chi connectivity index (χ3n) is 4.29. The van der Waals surface area contributed by atoms with E-state index >= 15 is 0 Å². The van der Waals surface area contributed by atoms with Crippen LogP contribution >= 0.6 is 0 Å². The Bertz CT molecular complexity index is 821. The first kappa shape index (κ1) is 12.6. The minimum atomic E-state index is -0.314. The smallest absolute Gasteiger partial charge is 0.134 e. The van der Waals surface area contributed by atoms with Crippen LogP contribution in [0, 0.1) is 5.82 Å². The number of hydrogen-bond acceptors (Lipinski definition) is 2. The van der Waals surface area contributed by atoms with Gasteiger partial charge in [0.25, 0.3) is 0 Å². The van der Waals surface area contributed by atoms with Crippen LogP contribution in [0.1, 0.15) is 34.9 Å². The lowest BCUT2D eigenvalue weighted by Gasteiger charge is -2.11. The van der Waals surface area contributed by atoms with Gasteiger partial charge in [0.1, 0.15) is 17.2 Å². The Labute approximate surface area is 122 Å². The van der Waals surface area contributed by atoms with Crippen molar-refractivity contribution in [1.29, 1.82) is 0 Å². The zero-order valence-electron chi connectivity index (χ0n) is 11.6. The molecule has 1 aliphatic rings. The van der Waals surface area contributed by atoms with Crippen molar-refractivity contribution >= 4 is 11.0 Å². The quantitative estimate of drug-likeness (QED) is 0.767. The van der Waals surface area contributed by atoms with E-state index in [1.165, 1.54) is 29.7 Å². The van der Waals surface area contributed by atoms with E-state index in [1.807, 2.05) is 6.07 Å². The predicted octanol–water partition coefficient (Wildman–Crippen LogP) is 4.11. The van der Waals surface area contributed by atoms with Crippen molar-refractivity contribution in [3.63, 3.8) is 0 Å². The van der Waals surface area contributed by atoms with Crippen molar-refractivity contribution < 1.29 is 8.81 Å². The highest BCUT2D eigenvalue weighted by atomic mass is 19.1. The number of benzene rings is 2. The molecule has 2 N–H and O–H groups in total. The van der Waals surface area contributed by atoms with E-state index in [-0.39, 0.29) is 11.9 Å². The number of fused-ring (bicyclic) bond motifs is 2. The minimum Gasteiger partial charge on any atom is -0.459 e. The van der Waals surface area contributed by atoms with Crippen LogP contribution in [0.5, 0.6) is 0 Å². The Hall–Kier alpha value is -2.13. The monoisotopic (exact) mass is 281 g/mol. The minimum absolute atomic E-state index is 0.263. The van der Waals surface area contributed by atoms with Crippen molar-refractivity contribution in [1.82, 2.24) is 0 Å². The van der Waals surface area contributed by atoms with Gasteiger partial charge in [-0.05, 0) is 60.2 Å². The summed E-state index contributed by atoms with van der Waals surface area (Å²) in [5, 5.41) is 0.751. The van der Waals surface area contributed by atoms with Gasteiger partial charge in [-0.1, -0.05) is 18.2 Å². The molecule has 1 unspecified atom stereocenters. The fraction of sp³-hybridized carbons (Fsp3) is 0.222. The summed E-state index contributed by atoms with van der Waals surface area (Å²) in [5.74, 6) is 0.412. The van der Waals surface area contributed by atoms with E-state index in [4.69, 9.17) is 10.2 Å². The molecule has 106 valence electrons. The second-order valence-corrected chi connectivity index (χ2v) is 5.69. The number of hydrogen-bond donors (Lipinski definition) is 1. The van der Waals surface area contributed by atoms with Gasteiger partial charge in [0.05, 0.1) is 6.04 Å². The fourth-order valence-corrected chi connectivity index (χ4v) is 3.14. The lowest BCUT2D eigenvalue weighted by molar-refractivity contribution is 0.524. The van der Waals surface area contributed by atoms with E-state index in [9.17, 15) is 4.39 Å². The summed E-state index contributed by atoms with van der Waals surface area (Å²) < 4.78 is 19.0. The molecule has 0 aliphatic heterocycles. The van der Waals surface area contributed by atoms with Crippen LogP contribution in [0.2, 0.25) is 0 Å². The van der Waals surface area contributed by atoms with Crippen LogP contribution in [0.25, 0.3) is 11.0 Å². The van der Waals surface area contributed by atoms with Crippen molar-refractivity contribution in [2.45, 2.75) is 25.3 Å². The molecular formula is C18H16FNO. The Balaban J connectivity index is 1.73. The normalized spacial score (nSPS) is 15.3. The number of aryl methyl sites for hydroxylation is 2. The Kier molecular flexibility index (Phi) is 2.82. The number of rotatable bonds is 2. The van der Waals surface area contributed by atoms with Gasteiger partial charge in [0, 0.05) is 5.39 Å². The third-order valence-corrected chi connectivity index (χ3v) is 4.29. The van der Waals surface area contributed by atoms with Gasteiger partial charge in [-0.3, -0.25) is 0 Å². The first-order valence-corrected chi connectivity index (χ1v) is 7.27. The first-order valence-electron chi connectivity index (χ1n) is 7.27. The van der Waals surface area contributed by atoms with Gasteiger partial charge in [-0.2, -0.15) is 0 Å². The highest BCUT2D eigenvalue weighted by Crippen LogP contribution is 2.30. The summed E-state index contributed by atoms with van der Waals surface area (Å²) in [7, 11) is 0. The molecule has 21 heavy (non-hydrogen) atoms. The maximum absolute atomic E-state index is 13.2. The summed E-state index contributed by atoms with van der Waals surface area (Å²) in [6.45, 7) is 0. The highest BCUT2D eigenvalue weighted by molar-refractivity contribution is 5.78. The average molecular weight is 281 g/mol. The second kappa shape index (κ2) is 4.71. The predicted molar refractivity (Wildman–Crippen MR) is 80.7 cm³/mol. The maximum Gasteiger partial charge on any atom is 0.134 e. The lowest BCUT2D eigenvalue weighted by Crippen LogP contribution is -2.11. The number of furan rings is 1. The summed E-state index contributed by atoms with van der Waals surface area (Å²) in [4.78, 5) is 0. The molecular weight excluding hydrogens is 265 g/mol. The maximum atomic E-state index is 13.2. The molecule has 0 fully saturated rings. The second-order valence-electron chi connectivity index (χ2n) is 5.69. The van der Waals surface area contributed by atoms with E-state index in [0.717, 1.165) is 23.8 Å². The average Bonchev–Trinajstić information content (AvgIpc) is 3.11. The largest absolute Gasteiger partial charge is 0.459 e. The van der Waals surface area contributed by atoms with E-state index < -0.39 is 0 Å². The van der Waals surface area contributed by atoms with Crippen LogP contribution in [-0.2, 0) is 12.8 Å². The molecule has 2 aromatic carbocycles. The van der Waals surface area contributed by atoms with Gasteiger partial charge < -0.3 is 10.2 Å². The fourth-order valence-electron chi connectivity index (χ4n) is 3.14. The van der Waals surface area contributed by atoms with E-state index in [2.05, 4.69) is 18.2 Å². The molecule has 1 aromatic heterocycles. The molecule has 0 saturated carbocycles. The Morgan fingerprint density at radius 2 is 1.86 bits per heavy atom. The molecule has 0 amide bonds. The van der Waals surface area contributed by atoms with Crippen LogP contribution in [0.3, 0.4) is 0 Å². The third kappa shape index (κ3) is 2.14. The van der Waals surface area contributed by atoms with Crippen molar-refractivity contribution in [3.05, 3.63) is 70.7 Å². The molecule has 0 spiro atoms. The van der Waals surface area contributed by atoms with E-state index in [1.54, 1.807) is 6.07 Å². The van der Waals surface area contributed by atoms with Gasteiger partial charge >= 0.3 is 0 Å². The van der Waals surface area contributed by atoms with Crippen LogP contribution < -0.4 is 5.73 Å². The topological polar surface area (TPSA) is 39.2 Å². The number of halogens is 1. The van der Waals surface area contributed by atoms with Gasteiger partial charge in [0.15, 0.2) is 0 Å². The molecule has 1 aliphatic carbocycles. The zero-order chi connectivity index (χ0) is 14.4. The molecule has 1 atom stereocenters. The summed E-state index contributed by atoms with van der Waals surface area (Å²) in [5.41, 5.74) is 10.9.